The Morgan fingerprint density at radius 2 is 1.06 bits per heavy atom. The molecule has 0 fully saturated rings. The van der Waals surface area contributed by atoms with E-state index in [4.69, 9.17) is 18.9 Å². The number of nitrogens with one attached hydrogen (secondary N) is 2. The Labute approximate surface area is 187 Å². The number of methoxy groups -OCH3 is 4. The fraction of sp³-hybridized carbons (Fsp3) is 0.700. The van der Waals surface area contributed by atoms with Crippen LogP contribution in [0.3, 0.4) is 0 Å². The first kappa shape index (κ1) is 27.2. The molecule has 32 heavy (non-hydrogen) atoms. The molecule has 0 aromatic carbocycles. The lowest BCUT2D eigenvalue weighted by atomic mass is 9.97. The zero-order chi connectivity index (χ0) is 24.8. The van der Waals surface area contributed by atoms with Crippen molar-refractivity contribution in [3.63, 3.8) is 0 Å². The van der Waals surface area contributed by atoms with Crippen LogP contribution in [-0.4, -0.2) is 100.0 Å². The lowest BCUT2D eigenvalue weighted by Gasteiger charge is -2.33. The van der Waals surface area contributed by atoms with Crippen LogP contribution in [0.4, 0.5) is 0 Å². The van der Waals surface area contributed by atoms with Gasteiger partial charge in [-0.15, -0.1) is 0 Å². The Kier molecular flexibility index (Phi) is 8.64. The Balaban J connectivity index is 3.59. The van der Waals surface area contributed by atoms with Gasteiger partial charge in [0.15, 0.2) is 22.3 Å². The monoisotopic (exact) mass is 456 g/mol. The number of amides is 2. The summed E-state index contributed by atoms with van der Waals surface area (Å²) in [4.78, 5) is 59.1. The molecule has 4 atom stereocenters. The summed E-state index contributed by atoms with van der Waals surface area (Å²) in [6.45, 7) is 5.15. The Morgan fingerprint density at radius 3 is 1.31 bits per heavy atom. The highest BCUT2D eigenvalue weighted by atomic mass is 16.5. The molecule has 180 valence electrons. The second kappa shape index (κ2) is 10.2. The van der Waals surface area contributed by atoms with Crippen molar-refractivity contribution in [2.75, 3.05) is 41.5 Å². The van der Waals surface area contributed by atoms with Crippen LogP contribution in [0.1, 0.15) is 27.7 Å². The van der Waals surface area contributed by atoms with E-state index in [-0.39, 0.29) is 13.1 Å². The molecule has 12 heteroatoms. The summed E-state index contributed by atoms with van der Waals surface area (Å²) in [6, 6.07) is 0. The summed E-state index contributed by atoms with van der Waals surface area (Å²) in [6.07, 6.45) is 2.36. The third-order valence-corrected chi connectivity index (χ3v) is 5.29. The highest BCUT2D eigenvalue weighted by molar-refractivity contribution is 6.05. The van der Waals surface area contributed by atoms with E-state index in [1.165, 1.54) is 68.6 Å². The molecule has 0 saturated heterocycles. The molecule has 0 spiro atoms. The number of nitrogens with zero attached hydrogens (tertiary/aromatic N) is 2. The fourth-order valence-corrected chi connectivity index (χ4v) is 2.72. The van der Waals surface area contributed by atoms with Gasteiger partial charge in [0.25, 0.3) is 11.8 Å². The van der Waals surface area contributed by atoms with Crippen LogP contribution >= 0.6 is 0 Å². The minimum Gasteiger partial charge on any atom is -0.467 e. The van der Waals surface area contributed by atoms with Crippen molar-refractivity contribution in [2.45, 2.75) is 50.0 Å². The van der Waals surface area contributed by atoms with Crippen LogP contribution in [0, 0.1) is 0 Å². The van der Waals surface area contributed by atoms with Gasteiger partial charge in [0, 0.05) is 26.6 Å². The maximum absolute atomic E-state index is 13.0. The van der Waals surface area contributed by atoms with Gasteiger partial charge in [-0.3, -0.25) is 19.6 Å². The highest BCUT2D eigenvalue weighted by Gasteiger charge is 2.45. The van der Waals surface area contributed by atoms with Crippen LogP contribution in [0.15, 0.2) is 9.98 Å². The van der Waals surface area contributed by atoms with Gasteiger partial charge in [-0.25, -0.2) is 9.59 Å². The molecule has 0 aliphatic carbocycles. The van der Waals surface area contributed by atoms with E-state index in [0.29, 0.717) is 0 Å². The Bertz CT molecular complexity index is 749. The van der Waals surface area contributed by atoms with E-state index in [9.17, 15) is 19.2 Å². The number of hydrogen-bond donors (Lipinski definition) is 2. The Hall–Kier alpha value is -2.86. The molecule has 12 nitrogen and oxygen atoms in total. The topological polar surface area (TPSA) is 154 Å². The van der Waals surface area contributed by atoms with Gasteiger partial charge < -0.3 is 29.6 Å². The lowest BCUT2D eigenvalue weighted by Crippen LogP contribution is -2.62. The standard InChI is InChI=1S/C20H32N4O8/c1-17(15(27)29-5)9-21-11-20(4,32-8)14(26)24-18(2,16(28)30-6)10-22-12-19(3,31-7)13(25)23-17/h11-12H,9-10H2,1-8H3,(H,23,25)(H,24,26)/t17-,18-,19-,20-/m0/s1. The second-order valence-corrected chi connectivity index (χ2v) is 8.12. The highest BCUT2D eigenvalue weighted by Crippen LogP contribution is 2.17. The molecule has 0 radical (unpaired) electrons. The van der Waals surface area contributed by atoms with E-state index < -0.39 is 46.0 Å². The normalized spacial score (nSPS) is 34.1. The van der Waals surface area contributed by atoms with Gasteiger partial charge in [0.05, 0.1) is 27.3 Å². The molecule has 0 aromatic rings. The van der Waals surface area contributed by atoms with Gasteiger partial charge in [-0.05, 0) is 27.7 Å². The van der Waals surface area contributed by atoms with Crippen LogP contribution in [0.5, 0.6) is 0 Å². The molecule has 2 N–H and O–H groups in total. The molecule has 0 unspecified atom stereocenters. The third-order valence-electron chi connectivity index (χ3n) is 5.29. The summed E-state index contributed by atoms with van der Waals surface area (Å²) in [5.74, 6) is -2.90. The van der Waals surface area contributed by atoms with Crippen LogP contribution in [0.25, 0.3) is 0 Å². The van der Waals surface area contributed by atoms with Crippen LogP contribution in [0.2, 0.25) is 0 Å². The number of aliphatic imine (C=N–C) groups is 2. The lowest BCUT2D eigenvalue weighted by molar-refractivity contribution is -0.152. The molecule has 1 aliphatic rings. The molecule has 2 amide bonds. The average Bonchev–Trinajstić information content (AvgIpc) is 2.76. The quantitative estimate of drug-likeness (QED) is 0.513. The van der Waals surface area contributed by atoms with Gasteiger partial charge in [-0.2, -0.15) is 0 Å². The molecule has 0 bridgehead atoms. The number of hydrogen-bond acceptors (Lipinski definition) is 10. The van der Waals surface area contributed by atoms with E-state index in [1.54, 1.807) is 0 Å². The van der Waals surface area contributed by atoms with Crippen molar-refractivity contribution < 1.29 is 38.1 Å². The van der Waals surface area contributed by atoms with Crippen LogP contribution in [-0.2, 0) is 38.1 Å². The zero-order valence-electron chi connectivity index (χ0n) is 19.7. The summed E-state index contributed by atoms with van der Waals surface area (Å²) in [7, 11) is 4.92. The van der Waals surface area contributed by atoms with Gasteiger partial charge in [-0.1, -0.05) is 0 Å². The molecule has 0 saturated carbocycles. The first-order chi connectivity index (χ1) is 14.8. The van der Waals surface area contributed by atoms with E-state index >= 15 is 0 Å². The molecule has 1 aliphatic heterocycles. The van der Waals surface area contributed by atoms with Crippen molar-refractivity contribution in [1.82, 2.24) is 10.6 Å². The number of ether oxygens (including phenoxy) is 4. The average molecular weight is 456 g/mol. The van der Waals surface area contributed by atoms with Crippen LogP contribution < -0.4 is 10.6 Å². The molecule has 1 rings (SSSR count). The maximum atomic E-state index is 13.0. The molecule has 1 heterocycles. The zero-order valence-corrected chi connectivity index (χ0v) is 19.7. The van der Waals surface area contributed by atoms with Crippen molar-refractivity contribution in [1.29, 1.82) is 0 Å². The fourth-order valence-electron chi connectivity index (χ4n) is 2.72. The second-order valence-electron chi connectivity index (χ2n) is 8.12. The maximum Gasteiger partial charge on any atom is 0.333 e. The first-order valence-corrected chi connectivity index (χ1v) is 9.70. The smallest absolute Gasteiger partial charge is 0.333 e. The minimum absolute atomic E-state index is 0.275. The summed E-state index contributed by atoms with van der Waals surface area (Å²) >= 11 is 0. The summed E-state index contributed by atoms with van der Waals surface area (Å²) < 4.78 is 20.2. The largest absolute Gasteiger partial charge is 0.467 e. The predicted octanol–water partition coefficient (Wildman–Crippen LogP) is -0.952. The SMILES string of the molecule is COC(=O)[C@]1(C)CN=C[C@](C)(OC)C(=O)N[C@](C)(C(=O)OC)CN=C[C@](C)(OC)C(=O)N1. The van der Waals surface area contributed by atoms with E-state index in [1.807, 2.05) is 0 Å². The van der Waals surface area contributed by atoms with Gasteiger partial charge in [0.1, 0.15) is 0 Å². The first-order valence-electron chi connectivity index (χ1n) is 9.70. The van der Waals surface area contributed by atoms with Gasteiger partial charge in [0.2, 0.25) is 0 Å². The minimum atomic E-state index is -1.61. The molecular formula is C20H32N4O8. The summed E-state index contributed by atoms with van der Waals surface area (Å²) in [5, 5.41) is 5.15. The third kappa shape index (κ3) is 5.68. The Morgan fingerprint density at radius 1 is 0.750 bits per heavy atom. The van der Waals surface area contributed by atoms with Crippen molar-refractivity contribution in [2.24, 2.45) is 9.98 Å². The van der Waals surface area contributed by atoms with Crippen molar-refractivity contribution >= 4 is 36.2 Å². The number of esters is 2. The number of rotatable bonds is 4. The van der Waals surface area contributed by atoms with E-state index in [0.717, 1.165) is 0 Å². The van der Waals surface area contributed by atoms with Crippen molar-refractivity contribution in [3.8, 4) is 0 Å². The van der Waals surface area contributed by atoms with E-state index in [2.05, 4.69) is 20.6 Å². The van der Waals surface area contributed by atoms with Crippen molar-refractivity contribution in [3.05, 3.63) is 0 Å². The summed E-state index contributed by atoms with van der Waals surface area (Å²) in [5.41, 5.74) is -6.37. The number of carbonyl (C=O) groups is 4. The molecule has 0 aromatic heterocycles. The predicted molar refractivity (Wildman–Crippen MR) is 115 cm³/mol. The van der Waals surface area contributed by atoms with Gasteiger partial charge >= 0.3 is 11.9 Å². The number of carbonyl (C=O) groups excluding carboxylic acids is 4. The molecular weight excluding hydrogens is 424 g/mol.